The predicted molar refractivity (Wildman–Crippen MR) is 123 cm³/mol. The molecule has 0 aromatic carbocycles. The quantitative estimate of drug-likeness (QED) is 0.545. The number of hydrogen-bond acceptors (Lipinski definition) is 8. The lowest BCUT2D eigenvalue weighted by Crippen LogP contribution is -2.30. The van der Waals surface area contributed by atoms with E-state index in [1.165, 1.54) is 12.3 Å². The number of likely N-dealkylation sites (N-methyl/N-ethyl adjacent to an activating group) is 2. The lowest BCUT2D eigenvalue weighted by atomic mass is 10.1. The first-order chi connectivity index (χ1) is 16.2. The van der Waals surface area contributed by atoms with E-state index in [0.29, 0.717) is 28.7 Å². The van der Waals surface area contributed by atoms with Gasteiger partial charge in [0.05, 0.1) is 23.2 Å². The third-order valence-corrected chi connectivity index (χ3v) is 5.74. The standard InChI is InChI=1S/C24H23F2N7O/c1-16-22(18-6-5-17(13-28-18)23(25)26)19(33(4)32(16)3)14-34-21-8-7-20(29-30-21)31(2)12-11-24(15-27)9-10-24/h5-13,23H,1,14H2,2-4H3/b12-11-. The van der Waals surface area contributed by atoms with Crippen molar-refractivity contribution < 1.29 is 13.5 Å². The molecule has 3 heterocycles. The van der Waals surface area contributed by atoms with Crippen LogP contribution in [0.3, 0.4) is 0 Å². The summed E-state index contributed by atoms with van der Waals surface area (Å²) in [6.07, 6.45) is 5.78. The minimum atomic E-state index is -2.58. The van der Waals surface area contributed by atoms with Crippen molar-refractivity contribution in [2.24, 2.45) is 5.41 Å². The van der Waals surface area contributed by atoms with Crippen molar-refractivity contribution in [1.82, 2.24) is 25.2 Å². The number of rotatable bonds is 8. The Bertz CT molecular complexity index is 1210. The van der Waals surface area contributed by atoms with Gasteiger partial charge >= 0.3 is 0 Å². The molecule has 0 spiro atoms. The van der Waals surface area contributed by atoms with Gasteiger partial charge in [-0.2, -0.15) is 5.26 Å². The van der Waals surface area contributed by atoms with Gasteiger partial charge < -0.3 is 9.64 Å². The molecule has 0 saturated heterocycles. The lowest BCUT2D eigenvalue weighted by molar-refractivity contribution is 0.116. The lowest BCUT2D eigenvalue weighted by Gasteiger charge is -2.26. The van der Waals surface area contributed by atoms with Crippen LogP contribution in [0.2, 0.25) is 0 Å². The van der Waals surface area contributed by atoms with Crippen molar-refractivity contribution in [3.63, 3.8) is 0 Å². The number of nitrogens with zero attached hydrogens (tertiary/aromatic N) is 7. The molecule has 10 heteroatoms. The van der Waals surface area contributed by atoms with E-state index in [-0.39, 0.29) is 12.2 Å². The SMILES string of the molecule is C=C1C(c2ccc(C(F)F)cn2)=C(COc2ccc(N(C)/C=C\C3(C#N)C=C3)nn2)N(C)N1C. The highest BCUT2D eigenvalue weighted by atomic mass is 19.3. The molecule has 0 saturated carbocycles. The van der Waals surface area contributed by atoms with Crippen molar-refractivity contribution in [1.29, 1.82) is 5.26 Å². The van der Waals surface area contributed by atoms with Gasteiger partial charge in [-0.3, -0.25) is 15.0 Å². The number of allylic oxidation sites excluding steroid dienone is 4. The molecule has 4 rings (SSSR count). The number of alkyl halides is 2. The molecule has 34 heavy (non-hydrogen) atoms. The van der Waals surface area contributed by atoms with Crippen LogP contribution in [0.4, 0.5) is 14.6 Å². The summed E-state index contributed by atoms with van der Waals surface area (Å²) in [5, 5.41) is 21.1. The number of halogens is 2. The summed E-state index contributed by atoms with van der Waals surface area (Å²) >= 11 is 0. The predicted octanol–water partition coefficient (Wildman–Crippen LogP) is 3.93. The normalized spacial score (nSPS) is 16.6. The smallest absolute Gasteiger partial charge is 0.265 e. The number of nitriles is 1. The van der Waals surface area contributed by atoms with Gasteiger partial charge in [-0.05, 0) is 24.3 Å². The molecular formula is C24H23F2N7O. The molecule has 2 aromatic rings. The first-order valence-corrected chi connectivity index (χ1v) is 10.4. The van der Waals surface area contributed by atoms with Crippen molar-refractivity contribution in [3.8, 4) is 11.9 Å². The fourth-order valence-electron chi connectivity index (χ4n) is 3.34. The number of ether oxygens (including phenoxy) is 1. The molecule has 0 N–H and O–H groups in total. The van der Waals surface area contributed by atoms with Crippen LogP contribution in [0.5, 0.6) is 5.88 Å². The maximum atomic E-state index is 12.9. The van der Waals surface area contributed by atoms with Gasteiger partial charge in [0, 0.05) is 50.7 Å². The molecule has 0 bridgehead atoms. The molecule has 0 amide bonds. The minimum Gasteiger partial charge on any atom is -0.470 e. The van der Waals surface area contributed by atoms with Gasteiger partial charge in [0.15, 0.2) is 5.82 Å². The Balaban J connectivity index is 1.48. The van der Waals surface area contributed by atoms with E-state index in [1.807, 2.05) is 43.3 Å². The molecule has 0 radical (unpaired) electrons. The van der Waals surface area contributed by atoms with Crippen molar-refractivity contribution in [2.75, 3.05) is 32.6 Å². The highest BCUT2D eigenvalue weighted by molar-refractivity contribution is 5.80. The topological polar surface area (TPSA) is 81.4 Å². The summed E-state index contributed by atoms with van der Waals surface area (Å²) in [5.74, 6) is 0.909. The van der Waals surface area contributed by atoms with Gasteiger partial charge in [0.2, 0.25) is 5.88 Å². The van der Waals surface area contributed by atoms with Crippen LogP contribution in [0.15, 0.2) is 72.9 Å². The number of anilines is 1. The monoisotopic (exact) mass is 463 g/mol. The Morgan fingerprint density at radius 2 is 1.97 bits per heavy atom. The van der Waals surface area contributed by atoms with Crippen LogP contribution in [0.1, 0.15) is 17.7 Å². The Hall–Kier alpha value is -4.26. The Kier molecular flexibility index (Phi) is 6.03. The third kappa shape index (κ3) is 4.45. The molecule has 0 fully saturated rings. The molecule has 2 aliphatic rings. The maximum Gasteiger partial charge on any atom is 0.265 e. The first-order valence-electron chi connectivity index (χ1n) is 10.4. The first kappa shape index (κ1) is 22.9. The highest BCUT2D eigenvalue weighted by Gasteiger charge is 2.31. The summed E-state index contributed by atoms with van der Waals surface area (Å²) < 4.78 is 31.7. The zero-order valence-electron chi connectivity index (χ0n) is 19.0. The second-order valence-corrected chi connectivity index (χ2v) is 7.92. The Labute approximate surface area is 196 Å². The van der Waals surface area contributed by atoms with Crippen LogP contribution in [-0.4, -0.2) is 52.9 Å². The van der Waals surface area contributed by atoms with Crippen LogP contribution in [0, 0.1) is 16.7 Å². The Morgan fingerprint density at radius 3 is 2.53 bits per heavy atom. The number of hydrazine groups is 1. The van der Waals surface area contributed by atoms with Crippen LogP contribution in [-0.2, 0) is 0 Å². The summed E-state index contributed by atoms with van der Waals surface area (Å²) in [5.41, 5.74) is 1.94. The average molecular weight is 463 g/mol. The fourth-order valence-corrected chi connectivity index (χ4v) is 3.34. The van der Waals surface area contributed by atoms with E-state index in [2.05, 4.69) is 27.8 Å². The molecule has 174 valence electrons. The van der Waals surface area contributed by atoms with Gasteiger partial charge in [-0.15, -0.1) is 10.2 Å². The number of pyridine rings is 1. The Morgan fingerprint density at radius 1 is 1.21 bits per heavy atom. The molecule has 0 unspecified atom stereocenters. The van der Waals surface area contributed by atoms with Crippen molar-refractivity contribution >= 4 is 11.4 Å². The summed E-state index contributed by atoms with van der Waals surface area (Å²) in [6, 6.07) is 8.58. The molecule has 0 atom stereocenters. The van der Waals surface area contributed by atoms with Crippen molar-refractivity contribution in [3.05, 3.63) is 84.1 Å². The molecule has 1 aliphatic heterocycles. The number of aromatic nitrogens is 3. The van der Waals surface area contributed by atoms with Crippen LogP contribution >= 0.6 is 0 Å². The van der Waals surface area contributed by atoms with Gasteiger partial charge in [-0.25, -0.2) is 8.78 Å². The van der Waals surface area contributed by atoms with E-state index < -0.39 is 11.8 Å². The summed E-state index contributed by atoms with van der Waals surface area (Å²) in [7, 11) is 5.50. The minimum absolute atomic E-state index is 0.140. The van der Waals surface area contributed by atoms with Crippen LogP contribution < -0.4 is 9.64 Å². The van der Waals surface area contributed by atoms with E-state index >= 15 is 0 Å². The molecule has 1 aliphatic carbocycles. The van der Waals surface area contributed by atoms with E-state index in [0.717, 1.165) is 5.70 Å². The van der Waals surface area contributed by atoms with Gasteiger partial charge in [0.1, 0.15) is 12.0 Å². The van der Waals surface area contributed by atoms with E-state index in [1.54, 1.807) is 35.4 Å². The molecular weight excluding hydrogens is 440 g/mol. The second-order valence-electron chi connectivity index (χ2n) is 7.92. The maximum absolute atomic E-state index is 12.9. The zero-order valence-corrected chi connectivity index (χ0v) is 19.0. The highest BCUT2D eigenvalue weighted by Crippen LogP contribution is 2.36. The summed E-state index contributed by atoms with van der Waals surface area (Å²) in [4.78, 5) is 5.97. The van der Waals surface area contributed by atoms with Crippen LogP contribution in [0.25, 0.3) is 5.57 Å². The van der Waals surface area contributed by atoms with Gasteiger partial charge in [0.25, 0.3) is 6.43 Å². The van der Waals surface area contributed by atoms with E-state index in [9.17, 15) is 8.78 Å². The van der Waals surface area contributed by atoms with E-state index in [4.69, 9.17) is 10.00 Å². The number of hydrogen-bond donors (Lipinski definition) is 0. The fraction of sp³-hybridized carbons (Fsp3) is 0.250. The van der Waals surface area contributed by atoms with Crippen molar-refractivity contribution in [2.45, 2.75) is 6.43 Å². The molecule has 2 aromatic heterocycles. The van der Waals surface area contributed by atoms with Gasteiger partial charge in [-0.1, -0.05) is 18.7 Å². The summed E-state index contributed by atoms with van der Waals surface area (Å²) in [6.45, 7) is 4.25. The third-order valence-electron chi connectivity index (χ3n) is 5.74. The largest absolute Gasteiger partial charge is 0.470 e. The average Bonchev–Trinajstić information content (AvgIpc) is 3.60. The zero-order chi connectivity index (χ0) is 24.5. The second kappa shape index (κ2) is 8.94. The molecule has 8 nitrogen and oxygen atoms in total.